The third-order valence-corrected chi connectivity index (χ3v) is 8.46. The average Bonchev–Trinajstić information content (AvgIpc) is 3.09. The Bertz CT molecular complexity index is 773. The Kier molecular flexibility index (Phi) is 6.97. The highest BCUT2D eigenvalue weighted by molar-refractivity contribution is 7.14. The molecule has 1 aromatic rings. The van der Waals surface area contributed by atoms with Gasteiger partial charge in [0.2, 0.25) is 5.91 Å². The fourth-order valence-electron chi connectivity index (χ4n) is 5.11. The number of carboxylic acids is 1. The number of nitrogens with zero attached hydrogens (tertiary/aromatic N) is 1. The molecule has 2 saturated carbocycles. The number of aliphatic hydroxyl groups is 1. The lowest BCUT2D eigenvalue weighted by atomic mass is 9.74. The van der Waals surface area contributed by atoms with Gasteiger partial charge in [0.05, 0.1) is 11.8 Å². The van der Waals surface area contributed by atoms with E-state index in [1.54, 1.807) is 0 Å². The highest BCUT2D eigenvalue weighted by Gasteiger charge is 2.40. The summed E-state index contributed by atoms with van der Waals surface area (Å²) in [5, 5.41) is 19.9. The fraction of sp³-hybridized carbons (Fsp3) is 0.750. The number of carbonyl (C=O) groups is 2. The molecule has 0 saturated heterocycles. The molecule has 0 radical (unpaired) electrons. The SMILES string of the molecule is CC1CC[C@H](C(=O)N(c2cc(C(C)(C)C)sc2C(=O)O)C2CCC(O)CC2)[C@@H](C)C1. The molecule has 168 valence electrons. The van der Waals surface area contributed by atoms with E-state index in [1.807, 2.05) is 11.0 Å². The summed E-state index contributed by atoms with van der Waals surface area (Å²) in [6, 6.07) is 1.89. The highest BCUT2D eigenvalue weighted by atomic mass is 32.1. The van der Waals surface area contributed by atoms with Crippen molar-refractivity contribution in [3.63, 3.8) is 0 Å². The van der Waals surface area contributed by atoms with E-state index in [0.717, 1.165) is 24.1 Å². The molecule has 1 aromatic heterocycles. The first-order valence-corrected chi connectivity index (χ1v) is 12.2. The number of hydrogen-bond donors (Lipinski definition) is 2. The lowest BCUT2D eigenvalue weighted by Gasteiger charge is -2.40. The molecule has 2 N–H and O–H groups in total. The molecule has 0 aliphatic heterocycles. The van der Waals surface area contributed by atoms with Crippen molar-refractivity contribution in [3.8, 4) is 0 Å². The number of carboxylic acid groups (broad SMARTS) is 1. The van der Waals surface area contributed by atoms with Crippen molar-refractivity contribution in [3.05, 3.63) is 15.8 Å². The Balaban J connectivity index is 2.03. The Morgan fingerprint density at radius 1 is 1.07 bits per heavy atom. The molecule has 1 heterocycles. The summed E-state index contributed by atoms with van der Waals surface area (Å²) in [6.45, 7) is 10.6. The molecule has 2 aliphatic carbocycles. The summed E-state index contributed by atoms with van der Waals surface area (Å²) in [6.07, 6.45) is 5.37. The zero-order valence-corrected chi connectivity index (χ0v) is 19.8. The Labute approximate surface area is 184 Å². The predicted octanol–water partition coefficient (Wildman–Crippen LogP) is 5.45. The molecule has 6 heteroatoms. The number of rotatable bonds is 4. The summed E-state index contributed by atoms with van der Waals surface area (Å²) in [4.78, 5) is 29.1. The van der Waals surface area contributed by atoms with Gasteiger partial charge in [-0.1, -0.05) is 34.6 Å². The van der Waals surface area contributed by atoms with Crippen molar-refractivity contribution in [1.29, 1.82) is 0 Å². The smallest absolute Gasteiger partial charge is 0.348 e. The van der Waals surface area contributed by atoms with E-state index >= 15 is 0 Å². The minimum Gasteiger partial charge on any atom is -0.477 e. The van der Waals surface area contributed by atoms with Gasteiger partial charge in [0.1, 0.15) is 4.88 Å². The first-order chi connectivity index (χ1) is 14.0. The van der Waals surface area contributed by atoms with Gasteiger partial charge in [0.25, 0.3) is 0 Å². The maximum absolute atomic E-state index is 13.9. The number of anilines is 1. The summed E-state index contributed by atoms with van der Waals surface area (Å²) in [7, 11) is 0. The van der Waals surface area contributed by atoms with E-state index in [4.69, 9.17) is 0 Å². The maximum atomic E-state index is 13.9. The topological polar surface area (TPSA) is 77.8 Å². The van der Waals surface area contributed by atoms with Crippen LogP contribution in [-0.2, 0) is 10.2 Å². The summed E-state index contributed by atoms with van der Waals surface area (Å²) >= 11 is 1.29. The van der Waals surface area contributed by atoms with Gasteiger partial charge >= 0.3 is 5.97 Å². The van der Waals surface area contributed by atoms with Crippen LogP contribution in [-0.4, -0.2) is 34.2 Å². The van der Waals surface area contributed by atoms with Crippen molar-refractivity contribution >= 4 is 28.9 Å². The first-order valence-electron chi connectivity index (χ1n) is 11.4. The van der Waals surface area contributed by atoms with Gasteiger partial charge in [0.15, 0.2) is 0 Å². The van der Waals surface area contributed by atoms with Crippen LogP contribution in [0.2, 0.25) is 0 Å². The molecule has 2 fully saturated rings. The van der Waals surface area contributed by atoms with Crippen LogP contribution in [0.5, 0.6) is 0 Å². The number of aliphatic hydroxyl groups excluding tert-OH is 1. The van der Waals surface area contributed by atoms with Crippen LogP contribution in [0, 0.1) is 17.8 Å². The maximum Gasteiger partial charge on any atom is 0.348 e. The van der Waals surface area contributed by atoms with Gasteiger partial charge in [0, 0.05) is 16.8 Å². The molecule has 1 unspecified atom stereocenters. The van der Waals surface area contributed by atoms with Gasteiger partial charge < -0.3 is 15.1 Å². The average molecular weight is 436 g/mol. The van der Waals surface area contributed by atoms with Crippen molar-refractivity contribution in [1.82, 2.24) is 0 Å². The number of thiophene rings is 1. The van der Waals surface area contributed by atoms with Gasteiger partial charge in [-0.3, -0.25) is 4.79 Å². The van der Waals surface area contributed by atoms with E-state index in [0.29, 0.717) is 43.2 Å². The van der Waals surface area contributed by atoms with Crippen molar-refractivity contribution < 1.29 is 19.8 Å². The van der Waals surface area contributed by atoms with Crippen molar-refractivity contribution in [2.75, 3.05) is 4.90 Å². The third-order valence-electron chi connectivity index (χ3n) is 6.92. The molecular weight excluding hydrogens is 398 g/mol. The number of hydrogen-bond acceptors (Lipinski definition) is 4. The Morgan fingerprint density at radius 3 is 2.23 bits per heavy atom. The van der Waals surface area contributed by atoms with Gasteiger partial charge in [-0.2, -0.15) is 0 Å². The lowest BCUT2D eigenvalue weighted by Crippen LogP contribution is -2.48. The minimum absolute atomic E-state index is 0.0482. The quantitative estimate of drug-likeness (QED) is 0.659. The van der Waals surface area contributed by atoms with Crippen LogP contribution in [0.15, 0.2) is 6.07 Å². The molecule has 3 atom stereocenters. The monoisotopic (exact) mass is 435 g/mol. The fourth-order valence-corrected chi connectivity index (χ4v) is 6.15. The van der Waals surface area contributed by atoms with Gasteiger partial charge in [-0.25, -0.2) is 4.79 Å². The second-order valence-electron chi connectivity index (χ2n) is 10.6. The van der Waals surface area contributed by atoms with Gasteiger partial charge in [-0.15, -0.1) is 11.3 Å². The summed E-state index contributed by atoms with van der Waals surface area (Å²) in [5.74, 6) is -0.0221. The van der Waals surface area contributed by atoms with E-state index in [-0.39, 0.29) is 34.3 Å². The van der Waals surface area contributed by atoms with Crippen molar-refractivity contribution in [2.45, 2.75) is 97.1 Å². The summed E-state index contributed by atoms with van der Waals surface area (Å²) in [5.41, 5.74) is 0.382. The zero-order valence-electron chi connectivity index (χ0n) is 19.0. The van der Waals surface area contributed by atoms with Gasteiger partial charge in [-0.05, 0) is 68.3 Å². The first kappa shape index (κ1) is 23.3. The molecule has 2 aliphatic rings. The summed E-state index contributed by atoms with van der Waals surface area (Å²) < 4.78 is 0. The molecule has 3 rings (SSSR count). The van der Waals surface area contributed by atoms with Crippen molar-refractivity contribution in [2.24, 2.45) is 17.8 Å². The molecule has 5 nitrogen and oxygen atoms in total. The Hall–Kier alpha value is -1.40. The van der Waals surface area contributed by atoms with Crippen LogP contribution >= 0.6 is 11.3 Å². The third kappa shape index (κ3) is 4.91. The van der Waals surface area contributed by atoms with Crippen LogP contribution in [0.4, 0.5) is 5.69 Å². The number of carbonyl (C=O) groups excluding carboxylic acids is 1. The van der Waals surface area contributed by atoms with Crippen LogP contribution in [0.1, 0.15) is 94.1 Å². The second-order valence-corrected chi connectivity index (χ2v) is 11.6. The molecule has 0 spiro atoms. The van der Waals surface area contributed by atoms with E-state index in [2.05, 4.69) is 34.6 Å². The lowest BCUT2D eigenvalue weighted by molar-refractivity contribution is -0.126. The van der Waals surface area contributed by atoms with Crippen LogP contribution in [0.25, 0.3) is 0 Å². The van der Waals surface area contributed by atoms with E-state index in [1.165, 1.54) is 11.3 Å². The molecule has 0 aromatic carbocycles. The molecule has 30 heavy (non-hydrogen) atoms. The second kappa shape index (κ2) is 8.99. The zero-order chi connectivity index (χ0) is 22.2. The largest absolute Gasteiger partial charge is 0.477 e. The predicted molar refractivity (Wildman–Crippen MR) is 121 cm³/mol. The Morgan fingerprint density at radius 2 is 1.70 bits per heavy atom. The van der Waals surface area contributed by atoms with Crippen LogP contribution < -0.4 is 4.90 Å². The van der Waals surface area contributed by atoms with E-state index in [9.17, 15) is 19.8 Å². The molecule has 1 amide bonds. The molecule has 0 bridgehead atoms. The standard InChI is InChI=1S/C24H37NO4S/c1-14-6-11-18(15(2)12-14)22(27)25(16-7-9-17(26)10-8-16)19-13-20(24(3,4)5)30-21(19)23(28)29/h13-18,26H,6-12H2,1-5H3,(H,28,29)/t14?,15-,16?,17?,18-/m0/s1. The van der Waals surface area contributed by atoms with E-state index < -0.39 is 5.97 Å². The normalized spacial score (nSPS) is 30.1. The molecular formula is C24H37NO4S. The van der Waals surface area contributed by atoms with Crippen LogP contribution in [0.3, 0.4) is 0 Å². The number of aromatic carboxylic acids is 1. The number of amides is 1. The highest BCUT2D eigenvalue weighted by Crippen LogP contribution is 2.42. The minimum atomic E-state index is -0.968.